The van der Waals surface area contributed by atoms with E-state index in [1.807, 2.05) is 26.8 Å². The van der Waals surface area contributed by atoms with Gasteiger partial charge in [-0.1, -0.05) is 39.0 Å². The van der Waals surface area contributed by atoms with Gasteiger partial charge < -0.3 is 10.0 Å². The standard InChI is InChI=1S/C26H24FIN8O3/c1-26(2,3)19-16(12-34(19)25(38)39)36-18-20(28)30-21(31-22(18)32-24(36)37)17-14-8-6-10-29-23(14)35(33-17)11-13-7-4-5-9-15(13)27/h4-10,16,19H,11-12H2,1-3H3,(H,38,39)(H,30,31,32,37). The van der Waals surface area contributed by atoms with Crippen LogP contribution in [-0.4, -0.2) is 63.0 Å². The van der Waals surface area contributed by atoms with E-state index < -0.39 is 17.6 Å². The van der Waals surface area contributed by atoms with Crippen LogP contribution >= 0.6 is 22.6 Å². The highest BCUT2D eigenvalue weighted by Crippen LogP contribution is 2.42. The van der Waals surface area contributed by atoms with Gasteiger partial charge in [-0.3, -0.25) is 9.55 Å². The maximum atomic E-state index is 14.4. The van der Waals surface area contributed by atoms with E-state index in [0.717, 1.165) is 0 Å². The van der Waals surface area contributed by atoms with Gasteiger partial charge in [-0.05, 0) is 46.2 Å². The minimum atomic E-state index is -1.02. The molecule has 1 aromatic carbocycles. The third-order valence-electron chi connectivity index (χ3n) is 7.07. The Labute approximate surface area is 234 Å². The lowest BCUT2D eigenvalue weighted by atomic mass is 9.76. The minimum Gasteiger partial charge on any atom is -0.465 e. The number of nitrogens with zero attached hydrogens (tertiary/aromatic N) is 7. The van der Waals surface area contributed by atoms with Crippen molar-refractivity contribution in [3.8, 4) is 11.5 Å². The third-order valence-corrected chi connectivity index (χ3v) is 7.82. The number of hydrogen-bond donors (Lipinski definition) is 2. The maximum Gasteiger partial charge on any atom is 0.407 e. The van der Waals surface area contributed by atoms with Crippen LogP contribution in [0.15, 0.2) is 47.4 Å². The molecule has 39 heavy (non-hydrogen) atoms. The van der Waals surface area contributed by atoms with Crippen LogP contribution in [0, 0.1) is 14.9 Å². The summed E-state index contributed by atoms with van der Waals surface area (Å²) in [5.74, 6) is -0.0467. The smallest absolute Gasteiger partial charge is 0.407 e. The Morgan fingerprint density at radius 2 is 1.97 bits per heavy atom. The van der Waals surface area contributed by atoms with Crippen LogP contribution in [0.25, 0.3) is 33.7 Å². The molecule has 0 radical (unpaired) electrons. The van der Waals surface area contributed by atoms with Crippen molar-refractivity contribution in [1.29, 1.82) is 0 Å². The van der Waals surface area contributed by atoms with E-state index in [-0.39, 0.29) is 30.6 Å². The number of pyridine rings is 1. The van der Waals surface area contributed by atoms with E-state index in [0.29, 0.717) is 43.0 Å². The summed E-state index contributed by atoms with van der Waals surface area (Å²) < 4.78 is 18.1. The van der Waals surface area contributed by atoms with Crippen LogP contribution in [0.5, 0.6) is 0 Å². The zero-order chi connectivity index (χ0) is 27.6. The van der Waals surface area contributed by atoms with E-state index in [1.165, 1.54) is 11.0 Å². The minimum absolute atomic E-state index is 0.169. The molecular weight excluding hydrogens is 618 g/mol. The normalized spacial score (nSPS) is 17.6. The largest absolute Gasteiger partial charge is 0.465 e. The fraction of sp³-hybridized carbons (Fsp3) is 0.308. The molecule has 5 aromatic rings. The number of halogens is 2. The summed E-state index contributed by atoms with van der Waals surface area (Å²) in [6.07, 6.45) is 0.626. The highest BCUT2D eigenvalue weighted by Gasteiger charge is 2.50. The highest BCUT2D eigenvalue weighted by molar-refractivity contribution is 14.1. The number of fused-ring (bicyclic) bond motifs is 2. The summed E-state index contributed by atoms with van der Waals surface area (Å²) in [5.41, 5.74) is 1.55. The summed E-state index contributed by atoms with van der Waals surface area (Å²) in [6.45, 7) is 6.23. The second-order valence-corrected chi connectivity index (χ2v) is 11.6. The van der Waals surface area contributed by atoms with Gasteiger partial charge in [-0.2, -0.15) is 5.10 Å². The first-order valence-electron chi connectivity index (χ1n) is 12.3. The zero-order valence-electron chi connectivity index (χ0n) is 21.3. The number of benzene rings is 1. The zero-order valence-corrected chi connectivity index (χ0v) is 23.4. The van der Waals surface area contributed by atoms with Gasteiger partial charge in [0.1, 0.15) is 20.7 Å². The van der Waals surface area contributed by atoms with Crippen molar-refractivity contribution in [2.45, 2.75) is 39.4 Å². The number of aromatic nitrogens is 7. The molecule has 6 rings (SSSR count). The molecule has 0 spiro atoms. The number of carbonyl (C=O) groups is 1. The van der Waals surface area contributed by atoms with Crippen molar-refractivity contribution in [3.63, 3.8) is 0 Å². The monoisotopic (exact) mass is 642 g/mol. The van der Waals surface area contributed by atoms with Gasteiger partial charge in [-0.25, -0.2) is 33.6 Å². The number of hydrogen-bond acceptors (Lipinski definition) is 6. The number of rotatable bonds is 4. The molecule has 1 amide bonds. The first-order chi connectivity index (χ1) is 18.5. The van der Waals surface area contributed by atoms with Crippen LogP contribution < -0.4 is 5.69 Å². The van der Waals surface area contributed by atoms with E-state index in [1.54, 1.807) is 39.7 Å². The van der Waals surface area contributed by atoms with Gasteiger partial charge >= 0.3 is 11.8 Å². The van der Waals surface area contributed by atoms with Crippen molar-refractivity contribution in [2.24, 2.45) is 5.41 Å². The van der Waals surface area contributed by atoms with Crippen LogP contribution in [0.1, 0.15) is 32.4 Å². The second kappa shape index (κ2) is 9.10. The van der Waals surface area contributed by atoms with Crippen LogP contribution in [0.4, 0.5) is 9.18 Å². The molecule has 5 heterocycles. The van der Waals surface area contributed by atoms with E-state index in [4.69, 9.17) is 10.1 Å². The number of carboxylic acid groups (broad SMARTS) is 1. The van der Waals surface area contributed by atoms with Gasteiger partial charge in [-0.15, -0.1) is 0 Å². The number of nitrogens with one attached hydrogen (secondary N) is 1. The lowest BCUT2D eigenvalue weighted by Crippen LogP contribution is -2.64. The number of amides is 1. The van der Waals surface area contributed by atoms with E-state index in [9.17, 15) is 19.1 Å². The summed E-state index contributed by atoms with van der Waals surface area (Å²) in [6, 6.07) is 9.36. The molecular formula is C26H24FIN8O3. The average Bonchev–Trinajstić information content (AvgIpc) is 3.36. The van der Waals surface area contributed by atoms with Crippen LogP contribution in [-0.2, 0) is 6.54 Å². The Balaban J connectivity index is 1.46. The molecule has 11 nitrogen and oxygen atoms in total. The van der Waals surface area contributed by atoms with E-state index in [2.05, 4.69) is 37.5 Å². The molecule has 1 aliphatic rings. The van der Waals surface area contributed by atoms with Crippen molar-refractivity contribution < 1.29 is 14.3 Å². The van der Waals surface area contributed by atoms with Crippen LogP contribution in [0.3, 0.4) is 0 Å². The van der Waals surface area contributed by atoms with Gasteiger partial charge in [0.2, 0.25) is 0 Å². The Morgan fingerprint density at radius 1 is 1.21 bits per heavy atom. The summed E-state index contributed by atoms with van der Waals surface area (Å²) >= 11 is 2.06. The van der Waals surface area contributed by atoms with Gasteiger partial charge in [0.05, 0.1) is 24.0 Å². The molecule has 1 aliphatic heterocycles. The Hall–Kier alpha value is -3.88. The maximum absolute atomic E-state index is 14.4. The Morgan fingerprint density at radius 3 is 2.69 bits per heavy atom. The molecule has 13 heteroatoms. The molecule has 200 valence electrons. The predicted octanol–water partition coefficient (Wildman–Crippen LogP) is 4.27. The predicted molar refractivity (Wildman–Crippen MR) is 150 cm³/mol. The first kappa shape index (κ1) is 25.4. The Kier molecular flexibility index (Phi) is 5.93. The first-order valence-corrected chi connectivity index (χ1v) is 13.3. The summed E-state index contributed by atoms with van der Waals surface area (Å²) in [5, 5.41) is 15.0. The quantitative estimate of drug-likeness (QED) is 0.221. The molecule has 1 saturated heterocycles. The summed E-state index contributed by atoms with van der Waals surface area (Å²) in [7, 11) is 0. The average molecular weight is 642 g/mol. The lowest BCUT2D eigenvalue weighted by molar-refractivity contribution is -0.0271. The van der Waals surface area contributed by atoms with Gasteiger partial charge in [0.15, 0.2) is 17.1 Å². The third kappa shape index (κ3) is 4.15. The molecule has 2 atom stereocenters. The summed E-state index contributed by atoms with van der Waals surface area (Å²) in [4.78, 5) is 43.0. The highest BCUT2D eigenvalue weighted by atomic mass is 127. The molecule has 2 N–H and O–H groups in total. The fourth-order valence-corrected chi connectivity index (χ4v) is 6.18. The molecule has 0 bridgehead atoms. The molecule has 0 saturated carbocycles. The van der Waals surface area contributed by atoms with Crippen molar-refractivity contribution in [3.05, 3.63) is 68.2 Å². The van der Waals surface area contributed by atoms with Crippen molar-refractivity contribution in [2.75, 3.05) is 6.54 Å². The molecule has 4 aromatic heterocycles. The Bertz CT molecular complexity index is 1820. The van der Waals surface area contributed by atoms with Gasteiger partial charge in [0.25, 0.3) is 0 Å². The van der Waals surface area contributed by atoms with Crippen molar-refractivity contribution >= 4 is 50.9 Å². The number of likely N-dealkylation sites (tertiary alicyclic amines) is 1. The molecule has 0 aliphatic carbocycles. The molecule has 1 fully saturated rings. The molecule has 2 unspecified atom stereocenters. The van der Waals surface area contributed by atoms with Crippen molar-refractivity contribution in [1.82, 2.24) is 39.2 Å². The van der Waals surface area contributed by atoms with Crippen LogP contribution in [0.2, 0.25) is 0 Å². The second-order valence-electron chi connectivity index (χ2n) is 10.6. The number of aromatic amines is 1. The fourth-order valence-electron chi connectivity index (χ4n) is 5.44. The number of imidazole rings is 1. The van der Waals surface area contributed by atoms with Gasteiger partial charge in [0, 0.05) is 18.3 Å². The topological polar surface area (TPSA) is 135 Å². The lowest BCUT2D eigenvalue weighted by Gasteiger charge is -2.52. The van der Waals surface area contributed by atoms with E-state index >= 15 is 0 Å². The number of H-pyrrole nitrogens is 1. The SMILES string of the molecule is CC(C)(C)C1C(n2c(=O)[nH]c3nc(-c4nn(Cc5ccccc5F)c5ncccc45)nc(I)c32)CN1C(=O)O.